The molecule has 0 fully saturated rings. The molecule has 0 aromatic heterocycles. The molecule has 16 heavy (non-hydrogen) atoms. The molecule has 1 aromatic rings. The summed E-state index contributed by atoms with van der Waals surface area (Å²) >= 11 is 2.94. The fourth-order valence-corrected chi connectivity index (χ4v) is 1.24. The molecule has 2 nitrogen and oxygen atoms in total. The monoisotopic (exact) mass is 288 g/mol. The van der Waals surface area contributed by atoms with Gasteiger partial charge >= 0.3 is 5.97 Å². The van der Waals surface area contributed by atoms with Crippen molar-refractivity contribution >= 4 is 21.9 Å². The summed E-state index contributed by atoms with van der Waals surface area (Å²) in [5.74, 6) is 3.07. The third-order valence-electron chi connectivity index (χ3n) is 1.56. The predicted octanol–water partition coefficient (Wildman–Crippen LogP) is 2.64. The number of hydrogen-bond donors (Lipinski definition) is 0. The minimum absolute atomic E-state index is 0.0872. The van der Waals surface area contributed by atoms with E-state index in [1.165, 1.54) is 6.92 Å². The lowest BCUT2D eigenvalue weighted by Crippen LogP contribution is -1.98. The zero-order valence-electron chi connectivity index (χ0n) is 8.31. The van der Waals surface area contributed by atoms with Crippen LogP contribution in [0.5, 0.6) is 0 Å². The average Bonchev–Trinajstić information content (AvgIpc) is 2.19. The standard InChI is InChI=1S/C11H7BrF2O2/c1-7(15)16-4-2-3-8-5-9(13)6-10(14)11(8)12/h5-6H,4H2,1H3. The lowest BCUT2D eigenvalue weighted by molar-refractivity contribution is -0.139. The maximum atomic E-state index is 13.0. The summed E-state index contributed by atoms with van der Waals surface area (Å²) in [6, 6.07) is 1.84. The summed E-state index contributed by atoms with van der Waals surface area (Å²) in [5.41, 5.74) is 0.171. The number of benzene rings is 1. The van der Waals surface area contributed by atoms with Crippen LogP contribution in [-0.2, 0) is 9.53 Å². The largest absolute Gasteiger partial charge is 0.453 e. The number of carbonyl (C=O) groups excluding carboxylic acids is 1. The maximum Gasteiger partial charge on any atom is 0.303 e. The molecule has 0 aliphatic rings. The first-order chi connectivity index (χ1) is 7.50. The molecule has 0 heterocycles. The van der Waals surface area contributed by atoms with Crippen LogP contribution in [0.25, 0.3) is 0 Å². The Morgan fingerprint density at radius 2 is 2.19 bits per heavy atom. The average molecular weight is 289 g/mol. The van der Waals surface area contributed by atoms with Gasteiger partial charge in [-0.3, -0.25) is 4.79 Å². The van der Waals surface area contributed by atoms with Crippen molar-refractivity contribution in [3.05, 3.63) is 33.8 Å². The van der Waals surface area contributed by atoms with E-state index < -0.39 is 17.6 Å². The molecule has 0 spiro atoms. The first kappa shape index (κ1) is 12.7. The molecule has 0 N–H and O–H groups in total. The van der Waals surface area contributed by atoms with Crippen LogP contribution in [0.4, 0.5) is 8.78 Å². The number of esters is 1. The SMILES string of the molecule is CC(=O)OCC#Cc1cc(F)cc(F)c1Br. The molecule has 1 aromatic carbocycles. The van der Waals surface area contributed by atoms with Gasteiger partial charge in [-0.15, -0.1) is 0 Å². The van der Waals surface area contributed by atoms with Crippen molar-refractivity contribution in [2.75, 3.05) is 6.61 Å². The molecule has 0 saturated carbocycles. The van der Waals surface area contributed by atoms with Gasteiger partial charge in [-0.05, 0) is 22.0 Å². The molecule has 0 aliphatic heterocycles. The van der Waals surface area contributed by atoms with Crippen LogP contribution in [0.1, 0.15) is 12.5 Å². The van der Waals surface area contributed by atoms with E-state index in [0.29, 0.717) is 0 Å². The zero-order chi connectivity index (χ0) is 12.1. The second-order valence-electron chi connectivity index (χ2n) is 2.83. The summed E-state index contributed by atoms with van der Waals surface area (Å²) in [6.45, 7) is 1.14. The van der Waals surface area contributed by atoms with E-state index in [1.807, 2.05) is 0 Å². The maximum absolute atomic E-state index is 13.0. The van der Waals surface area contributed by atoms with Gasteiger partial charge < -0.3 is 4.74 Å². The first-order valence-electron chi connectivity index (χ1n) is 4.27. The highest BCUT2D eigenvalue weighted by molar-refractivity contribution is 9.10. The lowest BCUT2D eigenvalue weighted by Gasteiger charge is -1.98. The Morgan fingerprint density at radius 1 is 1.50 bits per heavy atom. The van der Waals surface area contributed by atoms with Crippen LogP contribution in [0, 0.1) is 23.5 Å². The number of carbonyl (C=O) groups is 1. The summed E-state index contributed by atoms with van der Waals surface area (Å²) in [4.78, 5) is 10.4. The third-order valence-corrected chi connectivity index (χ3v) is 2.37. The molecule has 1 rings (SSSR count). The third kappa shape index (κ3) is 3.63. The van der Waals surface area contributed by atoms with Crippen molar-refractivity contribution in [2.24, 2.45) is 0 Å². The van der Waals surface area contributed by atoms with E-state index in [4.69, 9.17) is 0 Å². The Morgan fingerprint density at radius 3 is 2.81 bits per heavy atom. The highest BCUT2D eigenvalue weighted by atomic mass is 79.9. The molecule has 0 unspecified atom stereocenters. The summed E-state index contributed by atoms with van der Waals surface area (Å²) in [6.07, 6.45) is 0. The zero-order valence-corrected chi connectivity index (χ0v) is 9.90. The quantitative estimate of drug-likeness (QED) is 0.451. The second-order valence-corrected chi connectivity index (χ2v) is 3.62. The molecule has 0 amide bonds. The van der Waals surface area contributed by atoms with Gasteiger partial charge in [-0.2, -0.15) is 0 Å². The topological polar surface area (TPSA) is 26.3 Å². The van der Waals surface area contributed by atoms with Crippen molar-refractivity contribution in [2.45, 2.75) is 6.92 Å². The molecule has 5 heteroatoms. The Balaban J connectivity index is 2.84. The Bertz CT molecular complexity index is 475. The normalized spacial score (nSPS) is 9.25. The van der Waals surface area contributed by atoms with Gasteiger partial charge in [0.2, 0.25) is 0 Å². The number of hydrogen-bond acceptors (Lipinski definition) is 2. The van der Waals surface area contributed by atoms with Crippen LogP contribution >= 0.6 is 15.9 Å². The molecular weight excluding hydrogens is 282 g/mol. The van der Waals surface area contributed by atoms with Crippen LogP contribution in [0.15, 0.2) is 16.6 Å². The van der Waals surface area contributed by atoms with Crippen molar-refractivity contribution in [3.8, 4) is 11.8 Å². The molecule has 0 aliphatic carbocycles. The minimum atomic E-state index is -0.725. The summed E-state index contributed by atoms with van der Waals surface area (Å²) < 4.78 is 30.5. The van der Waals surface area contributed by atoms with Crippen molar-refractivity contribution in [3.63, 3.8) is 0 Å². The summed E-state index contributed by atoms with van der Waals surface area (Å²) in [7, 11) is 0. The van der Waals surface area contributed by atoms with E-state index in [2.05, 4.69) is 32.5 Å². The predicted molar refractivity (Wildman–Crippen MR) is 57.6 cm³/mol. The Hall–Kier alpha value is -1.41. The Kier molecular flexibility index (Phi) is 4.44. The van der Waals surface area contributed by atoms with Gasteiger partial charge in [-0.1, -0.05) is 11.8 Å². The molecule has 0 saturated heterocycles. The molecule has 0 bridgehead atoms. The Labute approximate surface area is 99.7 Å². The van der Waals surface area contributed by atoms with Crippen molar-refractivity contribution in [1.29, 1.82) is 0 Å². The smallest absolute Gasteiger partial charge is 0.303 e. The molecule has 0 atom stereocenters. The fourth-order valence-electron chi connectivity index (χ4n) is 0.916. The lowest BCUT2D eigenvalue weighted by atomic mass is 10.2. The first-order valence-corrected chi connectivity index (χ1v) is 5.07. The van der Waals surface area contributed by atoms with E-state index in [1.54, 1.807) is 0 Å². The van der Waals surface area contributed by atoms with Crippen LogP contribution < -0.4 is 0 Å². The van der Waals surface area contributed by atoms with Crippen LogP contribution in [0.3, 0.4) is 0 Å². The van der Waals surface area contributed by atoms with Gasteiger partial charge in [0.25, 0.3) is 0 Å². The van der Waals surface area contributed by atoms with Gasteiger partial charge in [0, 0.05) is 18.6 Å². The number of ether oxygens (including phenoxy) is 1. The minimum Gasteiger partial charge on any atom is -0.453 e. The van der Waals surface area contributed by atoms with Gasteiger partial charge in [-0.25, -0.2) is 8.78 Å². The second kappa shape index (κ2) is 5.61. The van der Waals surface area contributed by atoms with Crippen LogP contribution in [-0.4, -0.2) is 12.6 Å². The number of rotatable bonds is 1. The number of halogens is 3. The summed E-state index contributed by atoms with van der Waals surface area (Å²) in [5, 5.41) is 0. The molecule has 84 valence electrons. The molecular formula is C11H7BrF2O2. The highest BCUT2D eigenvalue weighted by Gasteiger charge is 2.06. The van der Waals surface area contributed by atoms with E-state index in [0.717, 1.165) is 12.1 Å². The van der Waals surface area contributed by atoms with E-state index in [-0.39, 0.29) is 16.6 Å². The van der Waals surface area contributed by atoms with E-state index >= 15 is 0 Å². The van der Waals surface area contributed by atoms with E-state index in [9.17, 15) is 13.6 Å². The van der Waals surface area contributed by atoms with Gasteiger partial charge in [0.15, 0.2) is 6.61 Å². The fraction of sp³-hybridized carbons (Fsp3) is 0.182. The van der Waals surface area contributed by atoms with Crippen molar-refractivity contribution < 1.29 is 18.3 Å². The van der Waals surface area contributed by atoms with Gasteiger partial charge in [0.1, 0.15) is 11.6 Å². The highest BCUT2D eigenvalue weighted by Crippen LogP contribution is 2.21. The van der Waals surface area contributed by atoms with Gasteiger partial charge in [0.05, 0.1) is 4.47 Å². The van der Waals surface area contributed by atoms with Crippen molar-refractivity contribution in [1.82, 2.24) is 0 Å². The molecule has 0 radical (unpaired) electrons. The van der Waals surface area contributed by atoms with Crippen LogP contribution in [0.2, 0.25) is 0 Å².